The zero-order valence-corrected chi connectivity index (χ0v) is 15.4. The fraction of sp³-hybridized carbons (Fsp3) is 0.333. The Bertz CT molecular complexity index is 768. The van der Waals surface area contributed by atoms with Gasteiger partial charge in [-0.05, 0) is 44.2 Å². The molecule has 136 valence electrons. The topological polar surface area (TPSA) is 65.4 Å². The van der Waals surface area contributed by atoms with Crippen LogP contribution in [-0.4, -0.2) is 37.6 Å². The lowest BCUT2D eigenvalue weighted by atomic mass is 10.2. The lowest BCUT2D eigenvalue weighted by Crippen LogP contribution is -2.26. The van der Waals surface area contributed by atoms with Crippen molar-refractivity contribution in [2.75, 3.05) is 32.1 Å². The molecule has 0 aliphatic rings. The van der Waals surface area contributed by atoms with E-state index in [1.165, 1.54) is 0 Å². The molecule has 0 aliphatic heterocycles. The maximum Gasteiger partial charge on any atom is 0.225 e. The number of amides is 1. The number of ether oxygens (including phenoxy) is 1. The molecule has 2 aromatic rings. The summed E-state index contributed by atoms with van der Waals surface area (Å²) in [7, 11) is 1.99. The Morgan fingerprint density at radius 2 is 1.88 bits per heavy atom. The van der Waals surface area contributed by atoms with Crippen molar-refractivity contribution in [1.82, 2.24) is 4.90 Å². The fourth-order valence-corrected chi connectivity index (χ4v) is 2.54. The van der Waals surface area contributed by atoms with Gasteiger partial charge in [0.1, 0.15) is 11.8 Å². The number of nitrogens with one attached hydrogen (secondary N) is 1. The highest BCUT2D eigenvalue weighted by atomic mass is 16.5. The molecule has 0 atom stereocenters. The number of hydrogen-bond acceptors (Lipinski definition) is 4. The van der Waals surface area contributed by atoms with E-state index in [0.717, 1.165) is 24.3 Å². The van der Waals surface area contributed by atoms with Crippen LogP contribution in [0.1, 0.15) is 24.0 Å². The Morgan fingerprint density at radius 1 is 1.15 bits per heavy atom. The smallest absolute Gasteiger partial charge is 0.225 e. The van der Waals surface area contributed by atoms with Gasteiger partial charge >= 0.3 is 0 Å². The fourth-order valence-electron chi connectivity index (χ4n) is 2.54. The number of nitrogens with zero attached hydrogens (tertiary/aromatic N) is 2. The summed E-state index contributed by atoms with van der Waals surface area (Å²) in [5.74, 6) is 0.835. The lowest BCUT2D eigenvalue weighted by molar-refractivity contribution is -0.116. The summed E-state index contributed by atoms with van der Waals surface area (Å²) in [4.78, 5) is 14.2. The number of aryl methyl sites for hydroxylation is 1. The SMILES string of the molecule is Cc1ccccc1OCCCN(C)CCC(=O)Nc1ccccc1C#N. The minimum Gasteiger partial charge on any atom is -0.493 e. The third-order valence-corrected chi connectivity index (χ3v) is 4.08. The van der Waals surface area contributed by atoms with E-state index in [-0.39, 0.29) is 5.91 Å². The van der Waals surface area contributed by atoms with E-state index in [2.05, 4.69) is 16.3 Å². The molecule has 5 nitrogen and oxygen atoms in total. The standard InChI is InChI=1S/C21H25N3O2/c1-17-8-3-6-11-20(17)26-15-7-13-24(2)14-12-21(25)23-19-10-5-4-9-18(19)16-22/h3-6,8-11H,7,12-15H2,1-2H3,(H,23,25). The van der Waals surface area contributed by atoms with Crippen molar-refractivity contribution >= 4 is 11.6 Å². The van der Waals surface area contributed by atoms with Crippen molar-refractivity contribution in [3.05, 3.63) is 59.7 Å². The third-order valence-electron chi connectivity index (χ3n) is 4.08. The van der Waals surface area contributed by atoms with Gasteiger partial charge < -0.3 is 15.0 Å². The number of carbonyl (C=O) groups excluding carboxylic acids is 1. The van der Waals surface area contributed by atoms with E-state index in [0.29, 0.717) is 30.8 Å². The first-order valence-electron chi connectivity index (χ1n) is 8.76. The first kappa shape index (κ1) is 19.5. The van der Waals surface area contributed by atoms with Gasteiger partial charge in [0.05, 0.1) is 17.9 Å². The predicted octanol–water partition coefficient (Wildman–Crippen LogP) is 3.60. The molecule has 0 fully saturated rings. The molecule has 26 heavy (non-hydrogen) atoms. The molecular formula is C21H25N3O2. The summed E-state index contributed by atoms with van der Waals surface area (Å²) in [6.07, 6.45) is 1.28. The van der Waals surface area contributed by atoms with Crippen molar-refractivity contribution in [3.8, 4) is 11.8 Å². The Labute approximate surface area is 155 Å². The Morgan fingerprint density at radius 3 is 2.65 bits per heavy atom. The van der Waals surface area contributed by atoms with Crippen LogP contribution in [0.25, 0.3) is 0 Å². The number of nitriles is 1. The van der Waals surface area contributed by atoms with E-state index in [1.54, 1.807) is 24.3 Å². The molecule has 0 saturated heterocycles. The van der Waals surface area contributed by atoms with Crippen molar-refractivity contribution < 1.29 is 9.53 Å². The number of benzene rings is 2. The summed E-state index contributed by atoms with van der Waals surface area (Å²) in [6.45, 7) is 4.19. The minimum absolute atomic E-state index is 0.0873. The number of anilines is 1. The Hall–Kier alpha value is -2.84. The molecule has 5 heteroatoms. The second-order valence-electron chi connectivity index (χ2n) is 6.23. The van der Waals surface area contributed by atoms with Gasteiger partial charge in [-0.15, -0.1) is 0 Å². The zero-order chi connectivity index (χ0) is 18.8. The van der Waals surface area contributed by atoms with Crippen LogP contribution < -0.4 is 10.1 Å². The summed E-state index contributed by atoms with van der Waals surface area (Å²) in [6, 6.07) is 17.1. The number of rotatable bonds is 9. The molecule has 0 radical (unpaired) electrons. The molecule has 1 N–H and O–H groups in total. The second-order valence-corrected chi connectivity index (χ2v) is 6.23. The molecule has 2 rings (SSSR count). The van der Waals surface area contributed by atoms with E-state index in [1.807, 2.05) is 38.2 Å². The van der Waals surface area contributed by atoms with Gasteiger partial charge in [0.25, 0.3) is 0 Å². The summed E-state index contributed by atoms with van der Waals surface area (Å²) < 4.78 is 5.78. The van der Waals surface area contributed by atoms with Crippen LogP contribution >= 0.6 is 0 Å². The molecule has 0 aliphatic carbocycles. The highest BCUT2D eigenvalue weighted by molar-refractivity contribution is 5.92. The average molecular weight is 351 g/mol. The van der Waals surface area contributed by atoms with Crippen molar-refractivity contribution in [2.45, 2.75) is 19.8 Å². The van der Waals surface area contributed by atoms with Crippen LogP contribution in [0.15, 0.2) is 48.5 Å². The van der Waals surface area contributed by atoms with Gasteiger partial charge in [0.15, 0.2) is 0 Å². The van der Waals surface area contributed by atoms with Crippen LogP contribution in [0.4, 0.5) is 5.69 Å². The van der Waals surface area contributed by atoms with Crippen LogP contribution in [0.2, 0.25) is 0 Å². The second kappa shape index (κ2) is 10.2. The van der Waals surface area contributed by atoms with E-state index in [9.17, 15) is 4.79 Å². The zero-order valence-electron chi connectivity index (χ0n) is 15.4. The Kier molecular flexibility index (Phi) is 7.66. The maximum absolute atomic E-state index is 12.1. The van der Waals surface area contributed by atoms with Gasteiger partial charge in [-0.25, -0.2) is 0 Å². The largest absolute Gasteiger partial charge is 0.493 e. The molecule has 0 aromatic heterocycles. The van der Waals surface area contributed by atoms with E-state index >= 15 is 0 Å². The molecule has 0 heterocycles. The predicted molar refractivity (Wildman–Crippen MR) is 103 cm³/mol. The van der Waals surface area contributed by atoms with E-state index in [4.69, 9.17) is 10.00 Å². The summed E-state index contributed by atoms with van der Waals surface area (Å²) in [5, 5.41) is 11.8. The third kappa shape index (κ3) is 6.23. The molecule has 0 spiro atoms. The normalized spacial score (nSPS) is 10.4. The van der Waals surface area contributed by atoms with Gasteiger partial charge in [0.2, 0.25) is 5.91 Å². The molecule has 0 bridgehead atoms. The maximum atomic E-state index is 12.1. The molecule has 0 saturated carbocycles. The van der Waals surface area contributed by atoms with E-state index < -0.39 is 0 Å². The molecule has 1 amide bonds. The van der Waals surface area contributed by atoms with Crippen molar-refractivity contribution in [3.63, 3.8) is 0 Å². The summed E-state index contributed by atoms with van der Waals surface area (Å²) >= 11 is 0. The van der Waals surface area contributed by atoms with Gasteiger partial charge in [-0.3, -0.25) is 4.79 Å². The molecule has 2 aromatic carbocycles. The van der Waals surface area contributed by atoms with Crippen LogP contribution in [0.5, 0.6) is 5.75 Å². The Balaban J connectivity index is 1.65. The number of hydrogen-bond donors (Lipinski definition) is 1. The van der Waals surface area contributed by atoms with Gasteiger partial charge in [0, 0.05) is 19.5 Å². The van der Waals surface area contributed by atoms with Gasteiger partial charge in [-0.2, -0.15) is 5.26 Å². The quantitative estimate of drug-likeness (QED) is 0.701. The first-order valence-corrected chi connectivity index (χ1v) is 8.76. The monoisotopic (exact) mass is 351 g/mol. The summed E-state index contributed by atoms with van der Waals surface area (Å²) in [5.41, 5.74) is 2.17. The van der Waals surface area contributed by atoms with Crippen LogP contribution in [0.3, 0.4) is 0 Å². The first-order chi connectivity index (χ1) is 12.6. The minimum atomic E-state index is -0.0873. The van der Waals surface area contributed by atoms with Crippen molar-refractivity contribution in [1.29, 1.82) is 5.26 Å². The highest BCUT2D eigenvalue weighted by Gasteiger charge is 2.08. The van der Waals surface area contributed by atoms with Crippen molar-refractivity contribution in [2.24, 2.45) is 0 Å². The highest BCUT2D eigenvalue weighted by Crippen LogP contribution is 2.16. The van der Waals surface area contributed by atoms with Gasteiger partial charge in [-0.1, -0.05) is 30.3 Å². The lowest BCUT2D eigenvalue weighted by Gasteiger charge is -2.17. The van der Waals surface area contributed by atoms with Crippen LogP contribution in [-0.2, 0) is 4.79 Å². The molecular weight excluding hydrogens is 326 g/mol. The van der Waals surface area contributed by atoms with Crippen LogP contribution in [0, 0.1) is 18.3 Å². The number of para-hydroxylation sites is 2. The molecule has 0 unspecified atom stereocenters. The average Bonchev–Trinajstić information content (AvgIpc) is 2.65. The number of carbonyl (C=O) groups is 1.